The summed E-state index contributed by atoms with van der Waals surface area (Å²) in [5.41, 5.74) is 2.18. The Labute approximate surface area is 204 Å². The number of aromatic nitrogens is 5. The van der Waals surface area contributed by atoms with E-state index in [1.165, 1.54) is 11.0 Å². The van der Waals surface area contributed by atoms with E-state index in [0.717, 1.165) is 5.56 Å². The molecule has 180 valence electrons. The average Bonchev–Trinajstić information content (AvgIpc) is 3.50. The molecular formula is C26H20F3N7. The highest BCUT2D eigenvalue weighted by Crippen LogP contribution is 2.39. The van der Waals surface area contributed by atoms with Crippen LogP contribution >= 0.6 is 0 Å². The van der Waals surface area contributed by atoms with Gasteiger partial charge in [0.1, 0.15) is 0 Å². The summed E-state index contributed by atoms with van der Waals surface area (Å²) in [5, 5.41) is 16.5. The molecule has 0 fully saturated rings. The Hall–Kier alpha value is -4.65. The molecule has 0 bridgehead atoms. The van der Waals surface area contributed by atoms with Crippen molar-refractivity contribution >= 4 is 16.6 Å². The maximum atomic E-state index is 14.3. The minimum atomic E-state index is -4.70. The average molecular weight is 487 g/mol. The van der Waals surface area contributed by atoms with Crippen molar-refractivity contribution in [3.8, 4) is 28.7 Å². The molecule has 2 aromatic carbocycles. The number of alkyl halides is 3. The molecule has 5 rings (SSSR count). The first-order chi connectivity index (χ1) is 17.3. The van der Waals surface area contributed by atoms with E-state index in [1.807, 2.05) is 19.9 Å². The van der Waals surface area contributed by atoms with Gasteiger partial charge in [-0.1, -0.05) is 6.07 Å². The normalized spacial score (nSPS) is 11.7. The number of nitrogens with one attached hydrogen (secondary N) is 1. The predicted octanol–water partition coefficient (Wildman–Crippen LogP) is 5.98. The number of imidazole rings is 1. The Morgan fingerprint density at radius 1 is 1.06 bits per heavy atom. The van der Waals surface area contributed by atoms with Crippen molar-refractivity contribution in [2.75, 3.05) is 5.32 Å². The van der Waals surface area contributed by atoms with E-state index in [-0.39, 0.29) is 16.9 Å². The zero-order valence-corrected chi connectivity index (χ0v) is 19.3. The number of anilines is 1. The van der Waals surface area contributed by atoms with E-state index < -0.39 is 11.9 Å². The molecule has 0 aliphatic heterocycles. The van der Waals surface area contributed by atoms with E-state index in [1.54, 1.807) is 65.6 Å². The number of rotatable bonds is 5. The maximum Gasteiger partial charge on any atom is 0.435 e. The minimum Gasteiger partial charge on any atom is -0.381 e. The standard InChI is InChI=1S/C26H20F3N7/c1-16(2)33-19-11-17(12-30)8-9-21(19)36-23-7-3-6-22(24(23)25(34-36)26(27,28)29)35-14-20(32-15-35)18-5-4-10-31-13-18/h3-11,13-16,33H,1-2H3. The second kappa shape index (κ2) is 8.85. The maximum absolute atomic E-state index is 14.3. The molecule has 0 saturated carbocycles. The third-order valence-corrected chi connectivity index (χ3v) is 5.57. The van der Waals surface area contributed by atoms with Gasteiger partial charge in [-0.3, -0.25) is 4.98 Å². The molecule has 3 heterocycles. The second-order valence-corrected chi connectivity index (χ2v) is 8.48. The number of fused-ring (bicyclic) bond motifs is 1. The van der Waals surface area contributed by atoms with Crippen LogP contribution in [0.3, 0.4) is 0 Å². The van der Waals surface area contributed by atoms with Crippen molar-refractivity contribution in [3.05, 3.63) is 84.7 Å². The third-order valence-electron chi connectivity index (χ3n) is 5.57. The Morgan fingerprint density at radius 2 is 1.89 bits per heavy atom. The lowest BCUT2D eigenvalue weighted by Gasteiger charge is -2.16. The molecule has 0 unspecified atom stereocenters. The molecule has 0 atom stereocenters. The molecule has 36 heavy (non-hydrogen) atoms. The quantitative estimate of drug-likeness (QED) is 0.330. The summed E-state index contributed by atoms with van der Waals surface area (Å²) in [6.45, 7) is 3.81. The molecule has 3 aromatic heterocycles. The highest BCUT2D eigenvalue weighted by molar-refractivity contribution is 5.92. The first-order valence-electron chi connectivity index (χ1n) is 11.1. The summed E-state index contributed by atoms with van der Waals surface area (Å²) in [4.78, 5) is 8.45. The van der Waals surface area contributed by atoms with Gasteiger partial charge in [0.05, 0.1) is 51.6 Å². The van der Waals surface area contributed by atoms with Gasteiger partial charge in [-0.25, -0.2) is 9.67 Å². The van der Waals surface area contributed by atoms with E-state index in [2.05, 4.69) is 26.5 Å². The third kappa shape index (κ3) is 4.15. The topological polar surface area (TPSA) is 84.4 Å². The number of nitriles is 1. The lowest BCUT2D eigenvalue weighted by Crippen LogP contribution is -2.13. The van der Waals surface area contributed by atoms with Crippen LogP contribution < -0.4 is 5.32 Å². The molecule has 0 aliphatic carbocycles. The van der Waals surface area contributed by atoms with Crippen molar-refractivity contribution in [1.82, 2.24) is 24.3 Å². The van der Waals surface area contributed by atoms with E-state index in [9.17, 15) is 18.4 Å². The monoisotopic (exact) mass is 487 g/mol. The van der Waals surface area contributed by atoms with Crippen LogP contribution in [0.25, 0.3) is 33.5 Å². The van der Waals surface area contributed by atoms with Gasteiger partial charge in [0.2, 0.25) is 0 Å². The van der Waals surface area contributed by atoms with Crippen molar-refractivity contribution in [3.63, 3.8) is 0 Å². The van der Waals surface area contributed by atoms with Crippen LogP contribution in [0.15, 0.2) is 73.4 Å². The van der Waals surface area contributed by atoms with Crippen LogP contribution in [0, 0.1) is 11.3 Å². The van der Waals surface area contributed by atoms with Gasteiger partial charge in [-0.05, 0) is 56.3 Å². The van der Waals surface area contributed by atoms with Gasteiger partial charge in [0.15, 0.2) is 5.69 Å². The summed E-state index contributed by atoms with van der Waals surface area (Å²) in [6.07, 6.45) is 1.71. The minimum absolute atomic E-state index is 0.0194. The summed E-state index contributed by atoms with van der Waals surface area (Å²) < 4.78 is 45.6. The molecule has 1 N–H and O–H groups in total. The summed E-state index contributed by atoms with van der Waals surface area (Å²) in [5.74, 6) is 0. The largest absolute Gasteiger partial charge is 0.435 e. The van der Waals surface area contributed by atoms with Crippen LogP contribution in [0.5, 0.6) is 0 Å². The predicted molar refractivity (Wildman–Crippen MR) is 130 cm³/mol. The molecule has 0 saturated heterocycles. The lowest BCUT2D eigenvalue weighted by molar-refractivity contribution is -0.140. The van der Waals surface area contributed by atoms with Crippen LogP contribution in [0.1, 0.15) is 25.1 Å². The lowest BCUT2D eigenvalue weighted by atomic mass is 10.1. The zero-order valence-electron chi connectivity index (χ0n) is 19.3. The highest BCUT2D eigenvalue weighted by atomic mass is 19.4. The number of nitrogens with zero attached hydrogens (tertiary/aromatic N) is 6. The fourth-order valence-corrected chi connectivity index (χ4v) is 4.08. The number of hydrogen-bond donors (Lipinski definition) is 1. The van der Waals surface area contributed by atoms with Crippen molar-refractivity contribution in [1.29, 1.82) is 5.26 Å². The fourth-order valence-electron chi connectivity index (χ4n) is 4.08. The van der Waals surface area contributed by atoms with Crippen molar-refractivity contribution in [2.24, 2.45) is 0 Å². The van der Waals surface area contributed by atoms with Crippen molar-refractivity contribution < 1.29 is 13.2 Å². The van der Waals surface area contributed by atoms with Crippen LogP contribution in [0.4, 0.5) is 18.9 Å². The molecule has 7 nitrogen and oxygen atoms in total. The molecule has 0 radical (unpaired) electrons. The number of pyridine rings is 1. The first kappa shape index (κ1) is 23.1. The van der Waals surface area contributed by atoms with Gasteiger partial charge in [0.25, 0.3) is 0 Å². The van der Waals surface area contributed by atoms with E-state index in [4.69, 9.17) is 0 Å². The SMILES string of the molecule is CC(C)Nc1cc(C#N)ccc1-n1nc(C(F)(F)F)c2c(-n3cnc(-c4cccnc4)c3)cccc21. The number of benzene rings is 2. The Balaban J connectivity index is 1.74. The highest BCUT2D eigenvalue weighted by Gasteiger charge is 2.38. The zero-order chi connectivity index (χ0) is 25.4. The van der Waals surface area contributed by atoms with Crippen LogP contribution in [-0.4, -0.2) is 30.4 Å². The van der Waals surface area contributed by atoms with Gasteiger partial charge in [-0.2, -0.15) is 23.5 Å². The van der Waals surface area contributed by atoms with Crippen molar-refractivity contribution in [2.45, 2.75) is 26.1 Å². The van der Waals surface area contributed by atoms with Gasteiger partial charge >= 0.3 is 6.18 Å². The summed E-state index contributed by atoms with van der Waals surface area (Å²) in [7, 11) is 0. The van der Waals surface area contributed by atoms with Crippen LogP contribution in [-0.2, 0) is 6.18 Å². The van der Waals surface area contributed by atoms with E-state index >= 15 is 0 Å². The second-order valence-electron chi connectivity index (χ2n) is 8.48. The molecule has 0 amide bonds. The van der Waals surface area contributed by atoms with Gasteiger partial charge in [0, 0.05) is 30.2 Å². The number of hydrogen-bond acceptors (Lipinski definition) is 5. The Bertz CT molecular complexity index is 1590. The van der Waals surface area contributed by atoms with Gasteiger partial charge < -0.3 is 9.88 Å². The molecule has 10 heteroatoms. The van der Waals surface area contributed by atoms with E-state index in [0.29, 0.717) is 28.3 Å². The Kier molecular flexibility index (Phi) is 5.68. The first-order valence-corrected chi connectivity index (χ1v) is 11.1. The van der Waals surface area contributed by atoms with Gasteiger partial charge in [-0.15, -0.1) is 0 Å². The Morgan fingerprint density at radius 3 is 2.58 bits per heavy atom. The van der Waals surface area contributed by atoms with Crippen LogP contribution in [0.2, 0.25) is 0 Å². The smallest absolute Gasteiger partial charge is 0.381 e. The fraction of sp³-hybridized carbons (Fsp3) is 0.154. The summed E-state index contributed by atoms with van der Waals surface area (Å²) >= 11 is 0. The summed E-state index contributed by atoms with van der Waals surface area (Å²) in [6, 6.07) is 15.3. The molecule has 0 aliphatic rings. The molecule has 0 spiro atoms. The molecule has 5 aromatic rings. The number of halogens is 3. The molecular weight excluding hydrogens is 467 g/mol.